The lowest BCUT2D eigenvalue weighted by Gasteiger charge is -2.46. The van der Waals surface area contributed by atoms with Crippen LogP contribution < -0.4 is 10.6 Å². The number of fused-ring (bicyclic) bond motifs is 1. The Morgan fingerprint density at radius 1 is 1.50 bits per heavy atom. The van der Waals surface area contributed by atoms with Crippen LogP contribution in [-0.2, 0) is 23.9 Å². The molecule has 0 saturated carbocycles. The SMILES string of the molecule is CC(=O)OCC1=C(C(=O)O)N2C(=O)C[C@H]2SC1NC(=O)CNC=S. The van der Waals surface area contributed by atoms with Crippen LogP contribution in [0.15, 0.2) is 11.3 Å². The van der Waals surface area contributed by atoms with Gasteiger partial charge in [0.25, 0.3) is 0 Å². The fourth-order valence-electron chi connectivity index (χ4n) is 2.30. The second kappa shape index (κ2) is 7.62. The summed E-state index contributed by atoms with van der Waals surface area (Å²) in [4.78, 5) is 47.4. The highest BCUT2D eigenvalue weighted by molar-refractivity contribution is 8.00. The molecule has 2 amide bonds. The van der Waals surface area contributed by atoms with Crippen LogP contribution in [0.25, 0.3) is 0 Å². The first-order valence-corrected chi connectivity index (χ1v) is 8.30. The van der Waals surface area contributed by atoms with Gasteiger partial charge in [0.2, 0.25) is 11.8 Å². The minimum Gasteiger partial charge on any atom is -0.477 e. The molecule has 2 aliphatic rings. The molecule has 2 atom stereocenters. The molecule has 130 valence electrons. The fraction of sp³-hybridized carbons (Fsp3) is 0.462. The van der Waals surface area contributed by atoms with Crippen molar-refractivity contribution in [2.45, 2.75) is 24.1 Å². The minimum absolute atomic E-state index is 0.0723. The van der Waals surface area contributed by atoms with Gasteiger partial charge in [0.05, 0.1) is 23.8 Å². The zero-order valence-electron chi connectivity index (χ0n) is 12.6. The number of β-lactam (4-membered cyclic amide) rings is 1. The normalized spacial score (nSPS) is 22.2. The van der Waals surface area contributed by atoms with Gasteiger partial charge in [-0.1, -0.05) is 12.2 Å². The van der Waals surface area contributed by atoms with Crippen molar-refractivity contribution in [1.82, 2.24) is 15.5 Å². The molecule has 24 heavy (non-hydrogen) atoms. The molecule has 1 fully saturated rings. The third kappa shape index (κ3) is 3.85. The molecule has 1 unspecified atom stereocenters. The van der Waals surface area contributed by atoms with Crippen molar-refractivity contribution in [3.05, 3.63) is 11.3 Å². The number of nitrogens with one attached hydrogen (secondary N) is 2. The van der Waals surface area contributed by atoms with Gasteiger partial charge < -0.3 is 20.5 Å². The quantitative estimate of drug-likeness (QED) is 0.298. The van der Waals surface area contributed by atoms with Crippen LogP contribution >= 0.6 is 24.0 Å². The first-order chi connectivity index (χ1) is 11.3. The van der Waals surface area contributed by atoms with E-state index >= 15 is 0 Å². The van der Waals surface area contributed by atoms with Crippen molar-refractivity contribution in [2.24, 2.45) is 0 Å². The Morgan fingerprint density at radius 2 is 2.21 bits per heavy atom. The number of thiocarbonyl (C=S) groups is 1. The fourth-order valence-corrected chi connectivity index (χ4v) is 3.82. The molecule has 1 saturated heterocycles. The van der Waals surface area contributed by atoms with E-state index in [4.69, 9.17) is 4.74 Å². The number of hydrogen-bond acceptors (Lipinski definition) is 7. The van der Waals surface area contributed by atoms with E-state index in [1.165, 1.54) is 24.2 Å². The first kappa shape index (κ1) is 18.2. The van der Waals surface area contributed by atoms with Crippen molar-refractivity contribution in [3.63, 3.8) is 0 Å². The molecule has 0 aromatic carbocycles. The maximum absolute atomic E-state index is 11.9. The number of carboxylic acid groups (broad SMARTS) is 1. The molecule has 0 aliphatic carbocycles. The van der Waals surface area contributed by atoms with E-state index in [1.807, 2.05) is 0 Å². The number of hydrogen-bond donors (Lipinski definition) is 3. The summed E-state index contributed by atoms with van der Waals surface area (Å²) >= 11 is 5.79. The third-order valence-electron chi connectivity index (χ3n) is 3.33. The second-order valence-electron chi connectivity index (χ2n) is 4.96. The molecule has 0 bridgehead atoms. The lowest BCUT2D eigenvalue weighted by atomic mass is 10.1. The summed E-state index contributed by atoms with van der Waals surface area (Å²) < 4.78 is 4.90. The molecule has 0 spiro atoms. The van der Waals surface area contributed by atoms with Crippen molar-refractivity contribution < 1.29 is 29.0 Å². The smallest absolute Gasteiger partial charge is 0.352 e. The van der Waals surface area contributed by atoms with Gasteiger partial charge in [0, 0.05) is 12.5 Å². The number of carboxylic acids is 1. The molecular weight excluding hydrogens is 358 g/mol. The molecule has 0 aromatic heterocycles. The molecule has 2 heterocycles. The molecule has 2 rings (SSSR count). The number of amides is 2. The summed E-state index contributed by atoms with van der Waals surface area (Å²) in [7, 11) is 0. The predicted octanol–water partition coefficient (Wildman–Crippen LogP) is -0.817. The van der Waals surface area contributed by atoms with Gasteiger partial charge in [-0.2, -0.15) is 0 Å². The van der Waals surface area contributed by atoms with Gasteiger partial charge in [-0.3, -0.25) is 19.3 Å². The largest absolute Gasteiger partial charge is 0.477 e. The Bertz CT molecular complexity index is 635. The van der Waals surface area contributed by atoms with E-state index in [2.05, 4.69) is 22.9 Å². The van der Waals surface area contributed by atoms with Crippen molar-refractivity contribution in [2.75, 3.05) is 13.2 Å². The van der Waals surface area contributed by atoms with E-state index in [9.17, 15) is 24.3 Å². The van der Waals surface area contributed by atoms with E-state index < -0.39 is 23.2 Å². The summed E-state index contributed by atoms with van der Waals surface area (Å²) in [5, 5.41) is 13.6. The van der Waals surface area contributed by atoms with Crippen molar-refractivity contribution >= 4 is 53.2 Å². The van der Waals surface area contributed by atoms with E-state index in [1.54, 1.807) is 0 Å². The van der Waals surface area contributed by atoms with Gasteiger partial charge in [0.1, 0.15) is 17.7 Å². The van der Waals surface area contributed by atoms with Crippen LogP contribution in [0, 0.1) is 0 Å². The Labute approximate surface area is 146 Å². The standard InChI is InChI=1S/C13H15N3O6S2/c1-6(17)22-4-7-11(13(20)21)16-9(19)2-10(16)24-12(7)15-8(18)3-14-5-23/h5,10,12H,2-4H2,1H3,(H,14,23)(H,15,18)(H,20,21)/t10-,12?/m1/s1. The molecule has 0 aromatic rings. The van der Waals surface area contributed by atoms with Gasteiger partial charge in [-0.05, 0) is 0 Å². The molecular formula is C13H15N3O6S2. The molecule has 9 nitrogen and oxygen atoms in total. The molecule has 2 aliphatic heterocycles. The summed E-state index contributed by atoms with van der Waals surface area (Å²) in [6.07, 6.45) is 0.187. The van der Waals surface area contributed by atoms with Crippen LogP contribution in [0.1, 0.15) is 13.3 Å². The third-order valence-corrected chi connectivity index (χ3v) is 4.87. The van der Waals surface area contributed by atoms with E-state index in [0.717, 1.165) is 4.90 Å². The zero-order valence-corrected chi connectivity index (χ0v) is 14.2. The average Bonchev–Trinajstić information content (AvgIpc) is 2.50. The highest BCUT2D eigenvalue weighted by atomic mass is 32.2. The molecule has 3 N–H and O–H groups in total. The van der Waals surface area contributed by atoms with Gasteiger partial charge in [-0.15, -0.1) is 11.8 Å². The number of nitrogens with zero attached hydrogens (tertiary/aromatic N) is 1. The number of rotatable bonds is 7. The number of ether oxygens (including phenoxy) is 1. The van der Waals surface area contributed by atoms with Crippen LogP contribution in [-0.4, -0.2) is 63.2 Å². The maximum Gasteiger partial charge on any atom is 0.352 e. The van der Waals surface area contributed by atoms with Crippen molar-refractivity contribution in [3.8, 4) is 0 Å². The number of esters is 1. The number of carbonyl (C=O) groups is 4. The monoisotopic (exact) mass is 373 g/mol. The van der Waals surface area contributed by atoms with E-state index in [-0.39, 0.29) is 42.1 Å². The number of carbonyl (C=O) groups excluding carboxylic acids is 3. The lowest BCUT2D eigenvalue weighted by molar-refractivity contribution is -0.146. The van der Waals surface area contributed by atoms with Crippen LogP contribution in [0.4, 0.5) is 0 Å². The topological polar surface area (TPSA) is 125 Å². The first-order valence-electron chi connectivity index (χ1n) is 6.88. The lowest BCUT2D eigenvalue weighted by Crippen LogP contribution is -2.58. The van der Waals surface area contributed by atoms with Crippen molar-refractivity contribution in [1.29, 1.82) is 0 Å². The average molecular weight is 373 g/mol. The maximum atomic E-state index is 11.9. The number of aliphatic carboxylic acids is 1. The summed E-state index contributed by atoms with van der Waals surface area (Å²) in [5.74, 6) is -2.64. The summed E-state index contributed by atoms with van der Waals surface area (Å²) in [6, 6.07) is 0. The minimum atomic E-state index is -1.31. The highest BCUT2D eigenvalue weighted by Crippen LogP contribution is 2.43. The van der Waals surface area contributed by atoms with Crippen LogP contribution in [0.5, 0.6) is 0 Å². The second-order valence-corrected chi connectivity index (χ2v) is 6.49. The Hall–Kier alpha value is -2.14. The molecule has 0 radical (unpaired) electrons. The molecule has 11 heteroatoms. The predicted molar refractivity (Wildman–Crippen MR) is 87.7 cm³/mol. The van der Waals surface area contributed by atoms with Gasteiger partial charge >= 0.3 is 11.9 Å². The van der Waals surface area contributed by atoms with E-state index in [0.29, 0.717) is 0 Å². The highest BCUT2D eigenvalue weighted by Gasteiger charge is 2.49. The Kier molecular flexibility index (Phi) is 5.78. The van der Waals surface area contributed by atoms with Crippen LogP contribution in [0.3, 0.4) is 0 Å². The Balaban J connectivity index is 2.29. The zero-order chi connectivity index (χ0) is 17.9. The van der Waals surface area contributed by atoms with Crippen LogP contribution in [0.2, 0.25) is 0 Å². The number of thioether (sulfide) groups is 1. The summed E-state index contributed by atoms with van der Waals surface area (Å²) in [5.41, 5.74) is 1.10. The van der Waals surface area contributed by atoms with Gasteiger partial charge in [0.15, 0.2) is 0 Å². The van der Waals surface area contributed by atoms with Gasteiger partial charge in [-0.25, -0.2) is 4.79 Å². The summed E-state index contributed by atoms with van der Waals surface area (Å²) in [6.45, 7) is 0.786. The Morgan fingerprint density at radius 3 is 2.75 bits per heavy atom.